The molecule has 1 aromatic carbocycles. The van der Waals surface area contributed by atoms with Gasteiger partial charge in [-0.3, -0.25) is 4.90 Å². The minimum atomic E-state index is 0.388. The highest BCUT2D eigenvalue weighted by molar-refractivity contribution is 5.25. The Balaban J connectivity index is 1.99. The van der Waals surface area contributed by atoms with Gasteiger partial charge in [0.2, 0.25) is 0 Å². The van der Waals surface area contributed by atoms with Gasteiger partial charge >= 0.3 is 0 Å². The van der Waals surface area contributed by atoms with E-state index in [9.17, 15) is 0 Å². The predicted octanol–water partition coefficient (Wildman–Crippen LogP) is 2.87. The molecule has 2 atom stereocenters. The zero-order valence-electron chi connectivity index (χ0n) is 13.9. The van der Waals surface area contributed by atoms with Gasteiger partial charge in [-0.05, 0) is 37.4 Å². The Morgan fingerprint density at radius 2 is 2.00 bits per heavy atom. The first-order valence-electron chi connectivity index (χ1n) is 8.18. The molecule has 21 heavy (non-hydrogen) atoms. The van der Waals surface area contributed by atoms with Gasteiger partial charge in [0.15, 0.2) is 0 Å². The number of morpholine rings is 1. The summed E-state index contributed by atoms with van der Waals surface area (Å²) in [6.07, 6.45) is 1.16. The van der Waals surface area contributed by atoms with Crippen LogP contribution >= 0.6 is 0 Å². The van der Waals surface area contributed by atoms with Crippen molar-refractivity contribution in [1.82, 2.24) is 10.2 Å². The van der Waals surface area contributed by atoms with Crippen molar-refractivity contribution in [3.05, 3.63) is 35.4 Å². The Morgan fingerprint density at radius 3 is 2.57 bits per heavy atom. The molecule has 2 unspecified atom stereocenters. The lowest BCUT2D eigenvalue weighted by Gasteiger charge is -2.35. The van der Waals surface area contributed by atoms with Gasteiger partial charge in [0.05, 0.1) is 13.2 Å². The molecule has 1 aromatic rings. The molecule has 1 fully saturated rings. The van der Waals surface area contributed by atoms with E-state index < -0.39 is 0 Å². The Morgan fingerprint density at radius 1 is 1.29 bits per heavy atom. The van der Waals surface area contributed by atoms with Crippen LogP contribution in [0.5, 0.6) is 0 Å². The highest BCUT2D eigenvalue weighted by Crippen LogP contribution is 2.19. The molecule has 0 saturated carbocycles. The fraction of sp³-hybridized carbons (Fsp3) is 0.667. The van der Waals surface area contributed by atoms with E-state index in [0.717, 1.165) is 32.7 Å². The van der Waals surface area contributed by atoms with Crippen LogP contribution in [0.1, 0.15) is 37.9 Å². The maximum Gasteiger partial charge on any atom is 0.0619 e. The zero-order valence-corrected chi connectivity index (χ0v) is 13.9. The average Bonchev–Trinajstić information content (AvgIpc) is 2.47. The Labute approximate surface area is 129 Å². The van der Waals surface area contributed by atoms with Crippen LogP contribution in [0, 0.1) is 5.92 Å². The molecule has 118 valence electrons. The molecular weight excluding hydrogens is 260 g/mol. The van der Waals surface area contributed by atoms with Crippen molar-refractivity contribution in [3.63, 3.8) is 0 Å². The van der Waals surface area contributed by atoms with Gasteiger partial charge in [0.25, 0.3) is 0 Å². The second kappa shape index (κ2) is 7.92. The van der Waals surface area contributed by atoms with E-state index in [4.69, 9.17) is 4.74 Å². The third-order valence-corrected chi connectivity index (χ3v) is 4.30. The van der Waals surface area contributed by atoms with Crippen LogP contribution in [-0.2, 0) is 11.2 Å². The van der Waals surface area contributed by atoms with Crippen LogP contribution in [0.25, 0.3) is 0 Å². The molecule has 0 aromatic heterocycles. The number of benzene rings is 1. The van der Waals surface area contributed by atoms with Crippen LogP contribution in [0.2, 0.25) is 0 Å². The summed E-state index contributed by atoms with van der Waals surface area (Å²) in [6, 6.07) is 10.0. The van der Waals surface area contributed by atoms with E-state index in [1.807, 2.05) is 0 Å². The van der Waals surface area contributed by atoms with Gasteiger partial charge in [-0.2, -0.15) is 0 Å². The maximum atomic E-state index is 5.52. The Bertz CT molecular complexity index is 416. The minimum absolute atomic E-state index is 0.388. The normalized spacial score (nSPS) is 21.7. The smallest absolute Gasteiger partial charge is 0.0619 e. The maximum absolute atomic E-state index is 5.52. The molecule has 3 nitrogen and oxygen atoms in total. The number of rotatable bonds is 6. The van der Waals surface area contributed by atoms with Crippen molar-refractivity contribution in [2.24, 2.45) is 5.92 Å². The summed E-state index contributed by atoms with van der Waals surface area (Å²) in [5.41, 5.74) is 2.81. The third kappa shape index (κ3) is 4.80. The predicted molar refractivity (Wildman–Crippen MR) is 88.6 cm³/mol. The number of nitrogens with zero attached hydrogens (tertiary/aromatic N) is 1. The molecule has 1 N–H and O–H groups in total. The molecule has 1 heterocycles. The van der Waals surface area contributed by atoms with Crippen molar-refractivity contribution in [1.29, 1.82) is 0 Å². The van der Waals surface area contributed by atoms with Gasteiger partial charge in [-0.15, -0.1) is 0 Å². The molecule has 2 rings (SSSR count). The van der Waals surface area contributed by atoms with Crippen LogP contribution in [0.15, 0.2) is 24.3 Å². The summed E-state index contributed by atoms with van der Waals surface area (Å²) in [5.74, 6) is 0.713. The molecular formula is C18H30N2O. The van der Waals surface area contributed by atoms with Crippen molar-refractivity contribution in [3.8, 4) is 0 Å². The quantitative estimate of drug-likeness (QED) is 0.872. The summed E-state index contributed by atoms with van der Waals surface area (Å²) in [6.45, 7) is 10.6. The summed E-state index contributed by atoms with van der Waals surface area (Å²) in [7, 11) is 2.05. The van der Waals surface area contributed by atoms with Crippen molar-refractivity contribution in [2.75, 3.05) is 33.4 Å². The van der Waals surface area contributed by atoms with Crippen molar-refractivity contribution in [2.45, 2.75) is 39.3 Å². The first-order valence-corrected chi connectivity index (χ1v) is 8.18. The van der Waals surface area contributed by atoms with E-state index in [0.29, 0.717) is 18.0 Å². The van der Waals surface area contributed by atoms with Crippen LogP contribution in [0.4, 0.5) is 0 Å². The lowest BCUT2D eigenvalue weighted by atomic mass is 9.99. The van der Waals surface area contributed by atoms with Crippen LogP contribution in [-0.4, -0.2) is 44.3 Å². The second-order valence-corrected chi connectivity index (χ2v) is 6.60. The first-order chi connectivity index (χ1) is 10.1. The molecule has 1 aliphatic rings. The van der Waals surface area contributed by atoms with Crippen LogP contribution < -0.4 is 5.32 Å². The zero-order chi connectivity index (χ0) is 15.2. The number of hydrogen-bond donors (Lipinski definition) is 1. The monoisotopic (exact) mass is 290 g/mol. The number of ether oxygens (including phenoxy) is 1. The summed E-state index contributed by atoms with van der Waals surface area (Å²) < 4.78 is 5.52. The van der Waals surface area contributed by atoms with Gasteiger partial charge in [-0.1, -0.05) is 38.1 Å². The van der Waals surface area contributed by atoms with E-state index in [1.165, 1.54) is 11.1 Å². The van der Waals surface area contributed by atoms with E-state index >= 15 is 0 Å². The fourth-order valence-electron chi connectivity index (χ4n) is 2.99. The molecule has 1 aliphatic heterocycles. The number of likely N-dealkylation sites (N-methyl/N-ethyl adjacent to an activating group) is 1. The van der Waals surface area contributed by atoms with E-state index in [2.05, 4.69) is 62.3 Å². The largest absolute Gasteiger partial charge is 0.379 e. The number of nitrogens with one attached hydrogen (secondary N) is 1. The standard InChI is InChI=1S/C18H30N2O/c1-14(2)11-16-5-7-17(8-6-16)18(19-4)12-20-9-10-21-13-15(20)3/h5-8,14-15,18-19H,9-13H2,1-4H3. The van der Waals surface area contributed by atoms with Gasteiger partial charge < -0.3 is 10.1 Å². The average molecular weight is 290 g/mol. The fourth-order valence-corrected chi connectivity index (χ4v) is 2.99. The summed E-state index contributed by atoms with van der Waals surface area (Å²) in [5, 5.41) is 3.46. The second-order valence-electron chi connectivity index (χ2n) is 6.60. The van der Waals surface area contributed by atoms with Crippen molar-refractivity contribution < 1.29 is 4.74 Å². The molecule has 0 amide bonds. The summed E-state index contributed by atoms with van der Waals surface area (Å²) in [4.78, 5) is 2.52. The SMILES string of the molecule is CNC(CN1CCOCC1C)c1ccc(CC(C)C)cc1. The molecule has 1 saturated heterocycles. The Hall–Kier alpha value is -0.900. The highest BCUT2D eigenvalue weighted by Gasteiger charge is 2.22. The Kier molecular flexibility index (Phi) is 6.22. The van der Waals surface area contributed by atoms with E-state index in [-0.39, 0.29) is 0 Å². The molecule has 3 heteroatoms. The lowest BCUT2D eigenvalue weighted by Crippen LogP contribution is -2.46. The van der Waals surface area contributed by atoms with E-state index in [1.54, 1.807) is 0 Å². The molecule has 0 aliphatic carbocycles. The van der Waals surface area contributed by atoms with Gasteiger partial charge in [-0.25, -0.2) is 0 Å². The first kappa shape index (κ1) is 16.5. The summed E-state index contributed by atoms with van der Waals surface area (Å²) >= 11 is 0. The number of hydrogen-bond acceptors (Lipinski definition) is 3. The lowest BCUT2D eigenvalue weighted by molar-refractivity contribution is -0.00416. The highest BCUT2D eigenvalue weighted by atomic mass is 16.5. The third-order valence-electron chi connectivity index (χ3n) is 4.30. The van der Waals surface area contributed by atoms with Gasteiger partial charge in [0.1, 0.15) is 0 Å². The topological polar surface area (TPSA) is 24.5 Å². The van der Waals surface area contributed by atoms with Crippen LogP contribution in [0.3, 0.4) is 0 Å². The van der Waals surface area contributed by atoms with Crippen molar-refractivity contribution >= 4 is 0 Å². The molecule has 0 radical (unpaired) electrons. The van der Waals surface area contributed by atoms with Gasteiger partial charge in [0, 0.05) is 25.2 Å². The molecule has 0 bridgehead atoms. The minimum Gasteiger partial charge on any atom is -0.379 e. The molecule has 0 spiro atoms.